The number of halogens is 1. The predicted molar refractivity (Wildman–Crippen MR) is 112 cm³/mol. The minimum atomic E-state index is -3.12. The zero-order chi connectivity index (χ0) is 17.5. The Morgan fingerprint density at radius 2 is 2.00 bits per heavy atom. The molecule has 0 radical (unpaired) electrons. The van der Waals surface area contributed by atoms with E-state index in [0.29, 0.717) is 32.1 Å². The summed E-state index contributed by atoms with van der Waals surface area (Å²) < 4.78 is 24.5. The van der Waals surface area contributed by atoms with E-state index in [1.165, 1.54) is 15.4 Å². The molecule has 1 heterocycles. The lowest BCUT2D eigenvalue weighted by molar-refractivity contribution is 0.424. The lowest BCUT2D eigenvalue weighted by atomic mass is 10.4. The Kier molecular flexibility index (Phi) is 11.0. The number of sulfonamides is 1. The standard InChI is InChI=1S/C14H27N5O2S2.HI/c1-6-19(23(5,20)21)9-7-8-16-14(15-4)17-10-13-18-11(2)12(3)22-13;/h6-10H2,1-5H3,(H2,15,16,17);1H. The van der Waals surface area contributed by atoms with Crippen LogP contribution in [-0.2, 0) is 16.6 Å². The van der Waals surface area contributed by atoms with Gasteiger partial charge in [0.25, 0.3) is 0 Å². The highest BCUT2D eigenvalue weighted by Crippen LogP contribution is 2.15. The molecule has 140 valence electrons. The summed E-state index contributed by atoms with van der Waals surface area (Å²) in [6, 6.07) is 0. The van der Waals surface area contributed by atoms with Crippen LogP contribution in [0, 0.1) is 13.8 Å². The average molecular weight is 489 g/mol. The Balaban J connectivity index is 0.00000529. The number of rotatable bonds is 8. The molecule has 0 unspecified atom stereocenters. The maximum Gasteiger partial charge on any atom is 0.211 e. The van der Waals surface area contributed by atoms with E-state index in [2.05, 4.69) is 27.5 Å². The van der Waals surface area contributed by atoms with E-state index < -0.39 is 10.0 Å². The number of guanidine groups is 1. The van der Waals surface area contributed by atoms with Crippen molar-refractivity contribution >= 4 is 51.3 Å². The fraction of sp³-hybridized carbons (Fsp3) is 0.714. The monoisotopic (exact) mass is 489 g/mol. The molecular formula is C14H28IN5O2S2. The topological polar surface area (TPSA) is 86.7 Å². The molecule has 0 aliphatic heterocycles. The van der Waals surface area contributed by atoms with Crippen LogP contribution >= 0.6 is 35.3 Å². The molecule has 7 nitrogen and oxygen atoms in total. The first-order valence-electron chi connectivity index (χ1n) is 7.60. The lowest BCUT2D eigenvalue weighted by Crippen LogP contribution is -2.39. The molecule has 0 spiro atoms. The molecule has 0 saturated heterocycles. The van der Waals surface area contributed by atoms with Gasteiger partial charge in [0.15, 0.2) is 5.96 Å². The average Bonchev–Trinajstić information content (AvgIpc) is 2.79. The Labute approximate surface area is 166 Å². The summed E-state index contributed by atoms with van der Waals surface area (Å²) in [7, 11) is -1.41. The van der Waals surface area contributed by atoms with E-state index in [-0.39, 0.29) is 24.0 Å². The molecule has 0 amide bonds. The van der Waals surface area contributed by atoms with Gasteiger partial charge >= 0.3 is 0 Å². The van der Waals surface area contributed by atoms with Gasteiger partial charge in [-0.05, 0) is 20.3 Å². The maximum atomic E-state index is 11.5. The molecule has 0 aliphatic carbocycles. The molecular weight excluding hydrogens is 461 g/mol. The van der Waals surface area contributed by atoms with Crippen molar-refractivity contribution in [2.75, 3.05) is 32.9 Å². The molecule has 0 bridgehead atoms. The van der Waals surface area contributed by atoms with Gasteiger partial charge in [0.1, 0.15) is 5.01 Å². The molecule has 0 fully saturated rings. The second kappa shape index (κ2) is 11.2. The van der Waals surface area contributed by atoms with Crippen LogP contribution in [0.25, 0.3) is 0 Å². The first-order valence-corrected chi connectivity index (χ1v) is 10.3. The zero-order valence-corrected chi connectivity index (χ0v) is 18.9. The van der Waals surface area contributed by atoms with Gasteiger partial charge < -0.3 is 10.6 Å². The van der Waals surface area contributed by atoms with Gasteiger partial charge in [-0.15, -0.1) is 35.3 Å². The van der Waals surface area contributed by atoms with E-state index in [0.717, 1.165) is 17.1 Å². The Morgan fingerprint density at radius 3 is 2.46 bits per heavy atom. The molecule has 24 heavy (non-hydrogen) atoms. The molecule has 0 atom stereocenters. The maximum absolute atomic E-state index is 11.5. The SMILES string of the molecule is CCN(CCCNC(=NC)NCc1nc(C)c(C)s1)S(C)(=O)=O.I. The van der Waals surface area contributed by atoms with Crippen LogP contribution in [0.2, 0.25) is 0 Å². The molecule has 0 aromatic carbocycles. The second-order valence-corrected chi connectivity index (χ2v) is 8.48. The van der Waals surface area contributed by atoms with Gasteiger partial charge in [0, 0.05) is 31.6 Å². The second-order valence-electron chi connectivity index (χ2n) is 5.21. The largest absolute Gasteiger partial charge is 0.356 e. The number of aliphatic imine (C=N–C) groups is 1. The molecule has 0 aliphatic rings. The number of hydrogen-bond acceptors (Lipinski definition) is 5. The van der Waals surface area contributed by atoms with Crippen molar-refractivity contribution < 1.29 is 8.42 Å². The van der Waals surface area contributed by atoms with E-state index in [9.17, 15) is 8.42 Å². The first kappa shape index (κ1) is 23.5. The summed E-state index contributed by atoms with van der Waals surface area (Å²) in [5, 5.41) is 7.42. The van der Waals surface area contributed by atoms with Crippen LogP contribution in [0.4, 0.5) is 0 Å². The van der Waals surface area contributed by atoms with Crippen LogP contribution in [0.5, 0.6) is 0 Å². The van der Waals surface area contributed by atoms with Gasteiger partial charge in [-0.25, -0.2) is 17.7 Å². The van der Waals surface area contributed by atoms with Gasteiger partial charge in [0.05, 0.1) is 18.5 Å². The number of nitrogens with zero attached hydrogens (tertiary/aromatic N) is 3. The zero-order valence-electron chi connectivity index (χ0n) is 14.9. The van der Waals surface area contributed by atoms with Crippen molar-refractivity contribution in [1.29, 1.82) is 0 Å². The molecule has 1 aromatic heterocycles. The first-order chi connectivity index (χ1) is 10.8. The van der Waals surface area contributed by atoms with Gasteiger partial charge in [-0.2, -0.15) is 0 Å². The van der Waals surface area contributed by atoms with Gasteiger partial charge in [0.2, 0.25) is 10.0 Å². The van der Waals surface area contributed by atoms with Crippen LogP contribution < -0.4 is 10.6 Å². The van der Waals surface area contributed by atoms with Crippen LogP contribution in [0.15, 0.2) is 4.99 Å². The number of nitrogens with one attached hydrogen (secondary N) is 2. The highest BCUT2D eigenvalue weighted by atomic mass is 127. The smallest absolute Gasteiger partial charge is 0.211 e. The Hall–Kier alpha value is -0.460. The molecule has 1 aromatic rings. The molecule has 0 saturated carbocycles. The van der Waals surface area contributed by atoms with Crippen molar-refractivity contribution in [3.8, 4) is 0 Å². The number of thiazole rings is 1. The summed E-state index contributed by atoms with van der Waals surface area (Å²) in [5.74, 6) is 0.693. The van der Waals surface area contributed by atoms with Crippen molar-refractivity contribution in [2.24, 2.45) is 4.99 Å². The third-order valence-electron chi connectivity index (χ3n) is 3.40. The molecule has 10 heteroatoms. The fourth-order valence-corrected chi connectivity index (χ4v) is 3.82. The minimum Gasteiger partial charge on any atom is -0.356 e. The number of aryl methyl sites for hydroxylation is 2. The van der Waals surface area contributed by atoms with Gasteiger partial charge in [-0.3, -0.25) is 4.99 Å². The third-order valence-corrected chi connectivity index (χ3v) is 5.85. The molecule has 2 N–H and O–H groups in total. The Bertz CT molecular complexity index is 612. The van der Waals surface area contributed by atoms with Crippen molar-refractivity contribution in [1.82, 2.24) is 19.9 Å². The minimum absolute atomic E-state index is 0. The number of hydrogen-bond donors (Lipinski definition) is 2. The summed E-state index contributed by atoms with van der Waals surface area (Å²) >= 11 is 1.68. The van der Waals surface area contributed by atoms with Crippen molar-refractivity contribution in [3.63, 3.8) is 0 Å². The van der Waals surface area contributed by atoms with E-state index in [1.807, 2.05) is 13.8 Å². The number of aromatic nitrogens is 1. The Morgan fingerprint density at radius 1 is 1.33 bits per heavy atom. The third kappa shape index (κ3) is 8.08. The molecule has 1 rings (SSSR count). The highest BCUT2D eigenvalue weighted by molar-refractivity contribution is 14.0. The van der Waals surface area contributed by atoms with E-state index >= 15 is 0 Å². The van der Waals surface area contributed by atoms with Gasteiger partial charge in [-0.1, -0.05) is 6.92 Å². The van der Waals surface area contributed by atoms with Crippen LogP contribution in [0.1, 0.15) is 28.9 Å². The predicted octanol–water partition coefficient (Wildman–Crippen LogP) is 1.71. The van der Waals surface area contributed by atoms with E-state index in [4.69, 9.17) is 0 Å². The summed E-state index contributed by atoms with van der Waals surface area (Å²) in [6.45, 7) is 8.19. The summed E-state index contributed by atoms with van der Waals surface area (Å²) in [6.07, 6.45) is 1.96. The van der Waals surface area contributed by atoms with Crippen molar-refractivity contribution in [3.05, 3.63) is 15.6 Å². The van der Waals surface area contributed by atoms with E-state index in [1.54, 1.807) is 18.4 Å². The van der Waals surface area contributed by atoms with Crippen LogP contribution in [0.3, 0.4) is 0 Å². The quantitative estimate of drug-likeness (QED) is 0.251. The normalized spacial score (nSPS) is 12.2. The summed E-state index contributed by atoms with van der Waals surface area (Å²) in [5.41, 5.74) is 1.06. The lowest BCUT2D eigenvalue weighted by Gasteiger charge is -2.18. The van der Waals surface area contributed by atoms with Crippen molar-refractivity contribution in [2.45, 2.75) is 33.7 Å². The van der Waals surface area contributed by atoms with Crippen LogP contribution in [-0.4, -0.2) is 56.6 Å². The summed E-state index contributed by atoms with van der Waals surface area (Å²) in [4.78, 5) is 9.86. The fourth-order valence-electron chi connectivity index (χ4n) is 2.02. The highest BCUT2D eigenvalue weighted by Gasteiger charge is 2.13.